The van der Waals surface area contributed by atoms with Crippen LogP contribution in [0, 0.1) is 11.8 Å². The lowest BCUT2D eigenvalue weighted by molar-refractivity contribution is -0.119. The third-order valence-corrected chi connectivity index (χ3v) is 4.07. The maximum atomic E-state index is 11.9. The number of allylic oxidation sites excluding steroid dienone is 4. The number of carbonyl (C=O) groups excluding carboxylic acids is 1. The third kappa shape index (κ3) is 14.1. The maximum Gasteiger partial charge on any atom is 0.132 e. The van der Waals surface area contributed by atoms with Gasteiger partial charge in [0.05, 0.1) is 0 Å². The second kappa shape index (κ2) is 15.1. The Morgan fingerprint density at radius 2 is 1.23 bits per heavy atom. The zero-order valence-corrected chi connectivity index (χ0v) is 15.4. The highest BCUT2D eigenvalue weighted by atomic mass is 16.1. The van der Waals surface area contributed by atoms with Gasteiger partial charge in [-0.3, -0.25) is 4.79 Å². The van der Waals surface area contributed by atoms with Crippen LogP contribution in [-0.4, -0.2) is 5.78 Å². The summed E-state index contributed by atoms with van der Waals surface area (Å²) in [6.45, 7) is 8.91. The Balaban J connectivity index is 3.61. The molecule has 0 radical (unpaired) electrons. The quantitative estimate of drug-likeness (QED) is 0.320. The van der Waals surface area contributed by atoms with Gasteiger partial charge >= 0.3 is 0 Å². The van der Waals surface area contributed by atoms with Crippen molar-refractivity contribution in [3.8, 4) is 0 Å². The minimum Gasteiger partial charge on any atom is -0.300 e. The molecule has 0 spiro atoms. The van der Waals surface area contributed by atoms with Gasteiger partial charge < -0.3 is 0 Å². The molecule has 0 amide bonds. The summed E-state index contributed by atoms with van der Waals surface area (Å²) in [4.78, 5) is 11.9. The first-order chi connectivity index (χ1) is 10.6. The molecule has 0 aromatic rings. The van der Waals surface area contributed by atoms with Crippen LogP contribution in [0.5, 0.6) is 0 Å². The number of hydrogen-bond acceptors (Lipinski definition) is 1. The second-order valence-electron chi connectivity index (χ2n) is 6.71. The fourth-order valence-electron chi connectivity index (χ4n) is 2.55. The summed E-state index contributed by atoms with van der Waals surface area (Å²) < 4.78 is 0. The number of unbranched alkanes of at least 4 members (excludes halogenated alkanes) is 2. The van der Waals surface area contributed by atoms with E-state index in [1.807, 2.05) is 0 Å². The zero-order valence-electron chi connectivity index (χ0n) is 15.4. The summed E-state index contributed by atoms with van der Waals surface area (Å²) in [5.41, 5.74) is 0. The molecule has 0 fully saturated rings. The van der Waals surface area contributed by atoms with Gasteiger partial charge in [-0.15, -0.1) is 0 Å². The highest BCUT2D eigenvalue weighted by molar-refractivity contribution is 5.78. The molecule has 0 heterocycles. The molecule has 0 aromatic heterocycles. The van der Waals surface area contributed by atoms with Crippen LogP contribution >= 0.6 is 0 Å². The topological polar surface area (TPSA) is 17.1 Å². The van der Waals surface area contributed by atoms with Crippen LogP contribution in [0.2, 0.25) is 0 Å². The lowest BCUT2D eigenvalue weighted by atomic mass is 9.98. The minimum absolute atomic E-state index is 0.453. The van der Waals surface area contributed by atoms with E-state index in [0.29, 0.717) is 17.6 Å². The van der Waals surface area contributed by atoms with Crippen molar-refractivity contribution in [2.75, 3.05) is 0 Å². The summed E-state index contributed by atoms with van der Waals surface area (Å²) in [6.07, 6.45) is 19.9. The van der Waals surface area contributed by atoms with Crippen molar-refractivity contribution in [1.29, 1.82) is 0 Å². The fraction of sp³-hybridized carbons (Fsp3) is 0.762. The molecule has 2 unspecified atom stereocenters. The predicted octanol–water partition coefficient (Wildman–Crippen LogP) is 6.88. The Kier molecular flexibility index (Phi) is 14.5. The number of carbonyl (C=O) groups is 1. The maximum absolute atomic E-state index is 11.9. The Morgan fingerprint density at radius 3 is 1.59 bits per heavy atom. The van der Waals surface area contributed by atoms with Crippen molar-refractivity contribution in [2.24, 2.45) is 11.8 Å². The van der Waals surface area contributed by atoms with E-state index in [-0.39, 0.29) is 0 Å². The summed E-state index contributed by atoms with van der Waals surface area (Å²) in [6, 6.07) is 0. The average Bonchev–Trinajstić information content (AvgIpc) is 2.48. The number of Topliss-reactive ketones (excluding diaryl/α,β-unsaturated/α-hetero) is 1. The molecule has 128 valence electrons. The van der Waals surface area contributed by atoms with Gasteiger partial charge in [-0.1, -0.05) is 64.8 Å². The highest BCUT2D eigenvalue weighted by Gasteiger charge is 2.05. The average molecular weight is 307 g/mol. The lowest BCUT2D eigenvalue weighted by Crippen LogP contribution is -2.01. The lowest BCUT2D eigenvalue weighted by Gasteiger charge is -2.07. The molecule has 22 heavy (non-hydrogen) atoms. The largest absolute Gasteiger partial charge is 0.300 e. The van der Waals surface area contributed by atoms with E-state index in [4.69, 9.17) is 0 Å². The van der Waals surface area contributed by atoms with E-state index >= 15 is 0 Å². The van der Waals surface area contributed by atoms with Gasteiger partial charge in [0.25, 0.3) is 0 Å². The zero-order chi connectivity index (χ0) is 16.6. The number of hydrogen-bond donors (Lipinski definition) is 0. The van der Waals surface area contributed by atoms with Crippen LogP contribution in [0.4, 0.5) is 0 Å². The van der Waals surface area contributed by atoms with Crippen molar-refractivity contribution in [3.63, 3.8) is 0 Å². The van der Waals surface area contributed by atoms with E-state index in [1.54, 1.807) is 0 Å². The molecule has 2 atom stereocenters. The van der Waals surface area contributed by atoms with E-state index in [2.05, 4.69) is 52.0 Å². The fourth-order valence-corrected chi connectivity index (χ4v) is 2.55. The molecular weight excluding hydrogens is 268 g/mol. The summed E-state index contributed by atoms with van der Waals surface area (Å²) in [5.74, 6) is 1.68. The Labute approximate surface area is 139 Å². The van der Waals surface area contributed by atoms with Gasteiger partial charge in [0, 0.05) is 12.8 Å². The molecule has 0 aliphatic rings. The molecule has 0 saturated carbocycles. The molecule has 0 saturated heterocycles. The first-order valence-electron chi connectivity index (χ1n) is 9.45. The Bertz CT molecular complexity index is 284. The van der Waals surface area contributed by atoms with Crippen molar-refractivity contribution >= 4 is 5.78 Å². The smallest absolute Gasteiger partial charge is 0.132 e. The van der Waals surface area contributed by atoms with Crippen LogP contribution in [-0.2, 0) is 4.79 Å². The van der Waals surface area contributed by atoms with Crippen LogP contribution < -0.4 is 0 Å². The molecule has 0 aliphatic carbocycles. The van der Waals surface area contributed by atoms with Crippen molar-refractivity contribution in [2.45, 2.75) is 91.9 Å². The highest BCUT2D eigenvalue weighted by Crippen LogP contribution is 2.14. The van der Waals surface area contributed by atoms with Crippen LogP contribution in [0.15, 0.2) is 24.3 Å². The van der Waals surface area contributed by atoms with E-state index in [0.717, 1.165) is 38.5 Å². The summed E-state index contributed by atoms with van der Waals surface area (Å²) in [7, 11) is 0. The van der Waals surface area contributed by atoms with E-state index in [9.17, 15) is 4.79 Å². The molecule has 0 bridgehead atoms. The van der Waals surface area contributed by atoms with Crippen molar-refractivity contribution in [1.82, 2.24) is 0 Å². The molecule has 1 nitrogen and oxygen atoms in total. The first kappa shape index (κ1) is 21.1. The predicted molar refractivity (Wildman–Crippen MR) is 99.1 cm³/mol. The van der Waals surface area contributed by atoms with E-state index in [1.165, 1.54) is 25.7 Å². The monoisotopic (exact) mass is 306 g/mol. The number of rotatable bonds is 14. The summed E-state index contributed by atoms with van der Waals surface area (Å²) in [5, 5.41) is 0. The molecule has 1 heteroatoms. The first-order valence-corrected chi connectivity index (χ1v) is 9.45. The summed E-state index contributed by atoms with van der Waals surface area (Å²) >= 11 is 0. The van der Waals surface area contributed by atoms with Gasteiger partial charge in [0.1, 0.15) is 5.78 Å². The minimum atomic E-state index is 0.453. The van der Waals surface area contributed by atoms with Crippen LogP contribution in [0.25, 0.3) is 0 Å². The van der Waals surface area contributed by atoms with Crippen molar-refractivity contribution < 1.29 is 4.79 Å². The molecular formula is C21H38O. The normalized spacial score (nSPS) is 14.7. The number of ketones is 1. The van der Waals surface area contributed by atoms with Gasteiger partial charge in [-0.05, 0) is 50.4 Å². The van der Waals surface area contributed by atoms with Crippen LogP contribution in [0.1, 0.15) is 91.9 Å². The Hall–Kier alpha value is -0.850. The SMILES string of the molecule is CCCC=CC(C)CCCC(=O)CCCC(C)C=CCCC. The Morgan fingerprint density at radius 1 is 0.818 bits per heavy atom. The second-order valence-corrected chi connectivity index (χ2v) is 6.71. The van der Waals surface area contributed by atoms with Gasteiger partial charge in [-0.2, -0.15) is 0 Å². The van der Waals surface area contributed by atoms with Gasteiger partial charge in [0.2, 0.25) is 0 Å². The van der Waals surface area contributed by atoms with Gasteiger partial charge in [0.15, 0.2) is 0 Å². The third-order valence-electron chi connectivity index (χ3n) is 4.07. The molecule has 0 rings (SSSR count). The van der Waals surface area contributed by atoms with Crippen molar-refractivity contribution in [3.05, 3.63) is 24.3 Å². The van der Waals surface area contributed by atoms with Crippen LogP contribution in [0.3, 0.4) is 0 Å². The van der Waals surface area contributed by atoms with E-state index < -0.39 is 0 Å². The van der Waals surface area contributed by atoms with Gasteiger partial charge in [-0.25, -0.2) is 0 Å². The standard InChI is InChI=1S/C21H38O/c1-5-7-9-13-19(3)15-11-17-21(22)18-12-16-20(4)14-10-8-6-2/h9-10,13-14,19-20H,5-8,11-12,15-18H2,1-4H3. The molecule has 0 N–H and O–H groups in total. The molecule has 0 aliphatic heterocycles. The molecule has 0 aromatic carbocycles.